The molecule has 0 spiro atoms. The van der Waals surface area contributed by atoms with Gasteiger partial charge in [0.25, 0.3) is 0 Å². The molecule has 0 aliphatic carbocycles. The van der Waals surface area contributed by atoms with Crippen molar-refractivity contribution in [1.29, 1.82) is 0 Å². The quantitative estimate of drug-likeness (QED) is 0.889. The average Bonchev–Trinajstić information content (AvgIpc) is 2.70. The smallest absolute Gasteiger partial charge is 0.132 e. The summed E-state index contributed by atoms with van der Waals surface area (Å²) in [4.78, 5) is 7.14. The minimum absolute atomic E-state index is 0.186. The molecule has 18 heavy (non-hydrogen) atoms. The van der Waals surface area contributed by atoms with Crippen LogP contribution in [0.3, 0.4) is 0 Å². The molecule has 2 rings (SSSR count). The van der Waals surface area contributed by atoms with Gasteiger partial charge in [-0.25, -0.2) is 4.98 Å². The molecule has 1 aliphatic rings. The highest BCUT2D eigenvalue weighted by molar-refractivity contribution is 5.50. The molecule has 1 fully saturated rings. The van der Waals surface area contributed by atoms with Crippen molar-refractivity contribution in [3.63, 3.8) is 0 Å². The average molecular weight is 247 g/mol. The van der Waals surface area contributed by atoms with E-state index in [2.05, 4.69) is 36.7 Å². The molecule has 3 unspecified atom stereocenters. The maximum absolute atomic E-state index is 5.95. The lowest BCUT2D eigenvalue weighted by Crippen LogP contribution is -2.36. The Labute approximate surface area is 110 Å². The molecule has 0 aromatic carbocycles. The van der Waals surface area contributed by atoms with Crippen molar-refractivity contribution in [2.24, 2.45) is 5.73 Å². The van der Waals surface area contributed by atoms with Crippen LogP contribution in [0.5, 0.6) is 0 Å². The number of rotatable bonds is 4. The molecule has 1 aromatic heterocycles. The summed E-state index contributed by atoms with van der Waals surface area (Å²) in [6.07, 6.45) is 6.55. The van der Waals surface area contributed by atoms with Gasteiger partial charge in [-0.05, 0) is 51.2 Å². The van der Waals surface area contributed by atoms with Gasteiger partial charge in [0, 0.05) is 24.3 Å². The highest BCUT2D eigenvalue weighted by atomic mass is 15.3. The van der Waals surface area contributed by atoms with E-state index in [-0.39, 0.29) is 6.04 Å². The van der Waals surface area contributed by atoms with Crippen LogP contribution in [0.15, 0.2) is 18.3 Å². The Balaban J connectivity index is 2.31. The monoisotopic (exact) mass is 247 g/mol. The fraction of sp³-hybridized carbons (Fsp3) is 0.667. The highest BCUT2D eigenvalue weighted by Crippen LogP contribution is 2.32. The Morgan fingerprint density at radius 1 is 1.50 bits per heavy atom. The first kappa shape index (κ1) is 13.3. The zero-order valence-corrected chi connectivity index (χ0v) is 11.8. The van der Waals surface area contributed by atoms with E-state index in [9.17, 15) is 0 Å². The number of pyridine rings is 1. The summed E-state index contributed by atoms with van der Waals surface area (Å²) in [5, 5.41) is 0. The molecule has 2 N–H and O–H groups in total. The fourth-order valence-corrected chi connectivity index (χ4v) is 3.02. The summed E-state index contributed by atoms with van der Waals surface area (Å²) in [7, 11) is 0. The first-order chi connectivity index (χ1) is 8.63. The van der Waals surface area contributed by atoms with Crippen molar-refractivity contribution in [2.45, 2.75) is 64.6 Å². The fourth-order valence-electron chi connectivity index (χ4n) is 3.02. The van der Waals surface area contributed by atoms with Crippen LogP contribution in [0, 0.1) is 0 Å². The van der Waals surface area contributed by atoms with Crippen LogP contribution in [0.25, 0.3) is 0 Å². The minimum Gasteiger partial charge on any atom is -0.351 e. The van der Waals surface area contributed by atoms with Crippen LogP contribution >= 0.6 is 0 Å². The van der Waals surface area contributed by atoms with Gasteiger partial charge >= 0.3 is 0 Å². The van der Waals surface area contributed by atoms with Gasteiger partial charge in [-0.1, -0.05) is 13.0 Å². The topological polar surface area (TPSA) is 42.2 Å². The summed E-state index contributed by atoms with van der Waals surface area (Å²) < 4.78 is 0. The normalized spacial score (nSPS) is 25.4. The van der Waals surface area contributed by atoms with Gasteiger partial charge in [0.2, 0.25) is 0 Å². The zero-order valence-electron chi connectivity index (χ0n) is 11.8. The van der Waals surface area contributed by atoms with Crippen molar-refractivity contribution in [2.75, 3.05) is 4.90 Å². The Kier molecular flexibility index (Phi) is 4.23. The first-order valence-electron chi connectivity index (χ1n) is 7.11. The second-order valence-corrected chi connectivity index (χ2v) is 5.56. The second kappa shape index (κ2) is 5.70. The van der Waals surface area contributed by atoms with Crippen molar-refractivity contribution in [3.8, 4) is 0 Å². The Morgan fingerprint density at radius 3 is 2.94 bits per heavy atom. The molecule has 1 saturated heterocycles. The molecule has 0 saturated carbocycles. The van der Waals surface area contributed by atoms with Gasteiger partial charge in [0.1, 0.15) is 5.82 Å². The van der Waals surface area contributed by atoms with Crippen LogP contribution in [0.2, 0.25) is 0 Å². The summed E-state index contributed by atoms with van der Waals surface area (Å²) >= 11 is 0. The lowest BCUT2D eigenvalue weighted by molar-refractivity contribution is 0.614. The Bertz CT molecular complexity index is 389. The van der Waals surface area contributed by atoms with E-state index in [1.165, 1.54) is 24.8 Å². The number of nitrogens with zero attached hydrogens (tertiary/aromatic N) is 2. The van der Waals surface area contributed by atoms with Gasteiger partial charge in [-0.3, -0.25) is 0 Å². The second-order valence-electron chi connectivity index (χ2n) is 5.56. The molecule has 2 heterocycles. The van der Waals surface area contributed by atoms with Gasteiger partial charge in [0.05, 0.1) is 0 Å². The molecule has 3 atom stereocenters. The molecule has 1 aromatic rings. The van der Waals surface area contributed by atoms with E-state index < -0.39 is 0 Å². The maximum Gasteiger partial charge on any atom is 0.132 e. The van der Waals surface area contributed by atoms with Gasteiger partial charge < -0.3 is 10.6 Å². The van der Waals surface area contributed by atoms with Crippen molar-refractivity contribution < 1.29 is 0 Å². The third-order valence-electron chi connectivity index (χ3n) is 3.91. The van der Waals surface area contributed by atoms with Crippen molar-refractivity contribution >= 4 is 5.82 Å². The zero-order chi connectivity index (χ0) is 13.1. The van der Waals surface area contributed by atoms with Gasteiger partial charge in [0.15, 0.2) is 0 Å². The van der Waals surface area contributed by atoms with E-state index in [0.29, 0.717) is 12.1 Å². The SMILES string of the molecule is CCC1CCC(C)N1c1ncccc1CC(C)N. The van der Waals surface area contributed by atoms with Crippen molar-refractivity contribution in [3.05, 3.63) is 23.9 Å². The predicted octanol–water partition coefficient (Wildman–Crippen LogP) is 2.74. The van der Waals surface area contributed by atoms with Crippen LogP contribution in [0.1, 0.15) is 45.6 Å². The molecule has 1 aliphatic heterocycles. The van der Waals surface area contributed by atoms with E-state index in [4.69, 9.17) is 5.73 Å². The van der Waals surface area contributed by atoms with Crippen LogP contribution in [0.4, 0.5) is 5.82 Å². The molecule has 100 valence electrons. The van der Waals surface area contributed by atoms with E-state index in [1.54, 1.807) is 0 Å². The van der Waals surface area contributed by atoms with Crippen LogP contribution in [-0.2, 0) is 6.42 Å². The third kappa shape index (κ3) is 2.66. The lowest BCUT2D eigenvalue weighted by Gasteiger charge is -2.31. The van der Waals surface area contributed by atoms with E-state index in [0.717, 1.165) is 12.2 Å². The first-order valence-corrected chi connectivity index (χ1v) is 7.11. The Morgan fingerprint density at radius 2 is 2.28 bits per heavy atom. The molecular weight excluding hydrogens is 222 g/mol. The molecular formula is C15H25N3. The third-order valence-corrected chi connectivity index (χ3v) is 3.91. The number of aromatic nitrogens is 1. The maximum atomic E-state index is 5.95. The van der Waals surface area contributed by atoms with E-state index >= 15 is 0 Å². The summed E-state index contributed by atoms with van der Waals surface area (Å²) in [5.74, 6) is 1.16. The predicted molar refractivity (Wildman–Crippen MR) is 76.8 cm³/mol. The number of anilines is 1. The van der Waals surface area contributed by atoms with Crippen LogP contribution < -0.4 is 10.6 Å². The van der Waals surface area contributed by atoms with Gasteiger partial charge in [-0.2, -0.15) is 0 Å². The minimum atomic E-state index is 0.186. The largest absolute Gasteiger partial charge is 0.351 e. The number of nitrogens with two attached hydrogens (primary N) is 1. The molecule has 0 amide bonds. The molecule has 0 radical (unpaired) electrons. The van der Waals surface area contributed by atoms with Gasteiger partial charge in [-0.15, -0.1) is 0 Å². The number of hydrogen-bond acceptors (Lipinski definition) is 3. The standard InChI is InChI=1S/C15H25N3/c1-4-14-8-7-12(3)18(14)15-13(10-11(2)16)6-5-9-17-15/h5-6,9,11-12,14H,4,7-8,10,16H2,1-3H3. The Hall–Kier alpha value is -1.09. The van der Waals surface area contributed by atoms with Crippen LogP contribution in [-0.4, -0.2) is 23.1 Å². The summed E-state index contributed by atoms with van der Waals surface area (Å²) in [6.45, 7) is 6.63. The highest BCUT2D eigenvalue weighted by Gasteiger charge is 2.31. The molecule has 3 heteroatoms. The molecule has 0 bridgehead atoms. The summed E-state index contributed by atoms with van der Waals surface area (Å²) in [6, 6.07) is 5.61. The van der Waals surface area contributed by atoms with Crippen molar-refractivity contribution in [1.82, 2.24) is 4.98 Å². The molecule has 3 nitrogen and oxygen atoms in total. The summed E-state index contributed by atoms with van der Waals surface area (Å²) in [5.41, 5.74) is 7.24. The lowest BCUT2D eigenvalue weighted by atomic mass is 10.1. The van der Waals surface area contributed by atoms with E-state index in [1.807, 2.05) is 12.3 Å². The number of hydrogen-bond donors (Lipinski definition) is 1.